The molecule has 4 heteroatoms. The fourth-order valence-electron chi connectivity index (χ4n) is 2.39. The molecule has 0 bridgehead atoms. The third-order valence-electron chi connectivity index (χ3n) is 3.89. The maximum absolute atomic E-state index is 11.8. The molecule has 2 aromatic rings. The van der Waals surface area contributed by atoms with E-state index in [-0.39, 0.29) is 18.6 Å². The molecule has 120 valence electrons. The Morgan fingerprint density at radius 3 is 2.30 bits per heavy atom. The summed E-state index contributed by atoms with van der Waals surface area (Å²) in [6.07, 6.45) is 2.43. The molecule has 0 saturated heterocycles. The van der Waals surface area contributed by atoms with Gasteiger partial charge in [0, 0.05) is 6.04 Å². The van der Waals surface area contributed by atoms with Crippen molar-refractivity contribution in [2.45, 2.75) is 25.8 Å². The maximum atomic E-state index is 11.8. The molecule has 0 aliphatic heterocycles. The highest BCUT2D eigenvalue weighted by Gasteiger charge is 2.28. The molecule has 0 radical (unpaired) electrons. The number of rotatable bonds is 7. The van der Waals surface area contributed by atoms with Crippen LogP contribution >= 0.6 is 0 Å². The summed E-state index contributed by atoms with van der Waals surface area (Å²) >= 11 is 0. The normalized spacial score (nSPS) is 14.8. The molecule has 1 aliphatic rings. The molecule has 1 unspecified atom stereocenters. The van der Waals surface area contributed by atoms with E-state index in [1.165, 1.54) is 12.8 Å². The fraction of sp³-hybridized carbons (Fsp3) is 0.316. The smallest absolute Gasteiger partial charge is 0.258 e. The molecule has 1 N–H and O–H groups in total. The van der Waals surface area contributed by atoms with Crippen LogP contribution in [0.3, 0.4) is 0 Å². The molecule has 1 fully saturated rings. The number of benzene rings is 2. The minimum Gasteiger partial charge on any atom is -0.484 e. The standard InChI is InChI=1S/C19H21NO3/c1-14(15-7-8-15)20-19(21)13-22-16-9-11-18(12-10-16)23-17-5-3-2-4-6-17/h2-6,9-12,14-15H,7-8,13H2,1H3,(H,20,21). The van der Waals surface area contributed by atoms with Crippen LogP contribution in [0.1, 0.15) is 19.8 Å². The summed E-state index contributed by atoms with van der Waals surface area (Å²) in [6, 6.07) is 17.1. The Bertz CT molecular complexity index is 635. The lowest BCUT2D eigenvalue weighted by molar-refractivity contribution is -0.123. The van der Waals surface area contributed by atoms with Crippen molar-refractivity contribution in [2.75, 3.05) is 6.61 Å². The van der Waals surface area contributed by atoms with Gasteiger partial charge < -0.3 is 14.8 Å². The summed E-state index contributed by atoms with van der Waals surface area (Å²) < 4.78 is 11.2. The molecule has 1 saturated carbocycles. The minimum atomic E-state index is -0.0750. The first-order valence-corrected chi connectivity index (χ1v) is 7.96. The highest BCUT2D eigenvalue weighted by molar-refractivity contribution is 5.77. The van der Waals surface area contributed by atoms with E-state index in [9.17, 15) is 4.79 Å². The zero-order valence-electron chi connectivity index (χ0n) is 13.2. The van der Waals surface area contributed by atoms with Crippen LogP contribution in [0.2, 0.25) is 0 Å². The van der Waals surface area contributed by atoms with Crippen LogP contribution in [0.5, 0.6) is 17.2 Å². The lowest BCUT2D eigenvalue weighted by atomic mass is 10.2. The van der Waals surface area contributed by atoms with Crippen LogP contribution in [0.15, 0.2) is 54.6 Å². The number of amides is 1. The van der Waals surface area contributed by atoms with E-state index in [1.807, 2.05) is 49.4 Å². The van der Waals surface area contributed by atoms with Gasteiger partial charge in [-0.1, -0.05) is 18.2 Å². The zero-order chi connectivity index (χ0) is 16.1. The Balaban J connectivity index is 1.46. The molecular formula is C19H21NO3. The Morgan fingerprint density at radius 2 is 1.65 bits per heavy atom. The van der Waals surface area contributed by atoms with Gasteiger partial charge in [0.25, 0.3) is 5.91 Å². The number of para-hydroxylation sites is 1. The second-order valence-corrected chi connectivity index (χ2v) is 5.87. The number of ether oxygens (including phenoxy) is 2. The molecule has 1 aliphatic carbocycles. The minimum absolute atomic E-state index is 0.0376. The van der Waals surface area contributed by atoms with Gasteiger partial charge in [0.1, 0.15) is 17.2 Å². The third kappa shape index (κ3) is 4.74. The monoisotopic (exact) mass is 311 g/mol. The van der Waals surface area contributed by atoms with Gasteiger partial charge in [-0.25, -0.2) is 0 Å². The highest BCUT2D eigenvalue weighted by atomic mass is 16.5. The van der Waals surface area contributed by atoms with E-state index in [1.54, 1.807) is 12.1 Å². The van der Waals surface area contributed by atoms with Crippen LogP contribution in [0.4, 0.5) is 0 Å². The maximum Gasteiger partial charge on any atom is 0.258 e. The van der Waals surface area contributed by atoms with Gasteiger partial charge in [0.05, 0.1) is 0 Å². The van der Waals surface area contributed by atoms with Crippen molar-refractivity contribution in [3.8, 4) is 17.2 Å². The van der Waals surface area contributed by atoms with Gasteiger partial charge in [-0.05, 0) is 62.1 Å². The fourth-order valence-corrected chi connectivity index (χ4v) is 2.39. The molecule has 1 atom stereocenters. The lowest BCUT2D eigenvalue weighted by Crippen LogP contribution is -2.37. The first-order chi connectivity index (χ1) is 11.2. The number of hydrogen-bond acceptors (Lipinski definition) is 3. The molecule has 23 heavy (non-hydrogen) atoms. The van der Waals surface area contributed by atoms with Gasteiger partial charge in [-0.2, -0.15) is 0 Å². The average molecular weight is 311 g/mol. The van der Waals surface area contributed by atoms with Gasteiger partial charge >= 0.3 is 0 Å². The summed E-state index contributed by atoms with van der Waals surface area (Å²) in [4.78, 5) is 11.8. The van der Waals surface area contributed by atoms with Crippen molar-refractivity contribution >= 4 is 5.91 Å². The summed E-state index contributed by atoms with van der Waals surface area (Å²) in [5.41, 5.74) is 0. The van der Waals surface area contributed by atoms with Crippen molar-refractivity contribution in [1.29, 1.82) is 0 Å². The van der Waals surface area contributed by atoms with Crippen molar-refractivity contribution < 1.29 is 14.3 Å². The van der Waals surface area contributed by atoms with Gasteiger partial charge in [-0.15, -0.1) is 0 Å². The SMILES string of the molecule is CC(NC(=O)COc1ccc(Oc2ccccc2)cc1)C1CC1. The molecule has 2 aromatic carbocycles. The molecular weight excluding hydrogens is 290 g/mol. The number of hydrogen-bond donors (Lipinski definition) is 1. The Labute approximate surface area is 136 Å². The van der Waals surface area contributed by atoms with E-state index in [2.05, 4.69) is 5.32 Å². The van der Waals surface area contributed by atoms with Crippen LogP contribution in [0, 0.1) is 5.92 Å². The summed E-state index contributed by atoms with van der Waals surface area (Å²) in [7, 11) is 0. The number of nitrogens with one attached hydrogen (secondary N) is 1. The van der Waals surface area contributed by atoms with Crippen molar-refractivity contribution in [2.24, 2.45) is 5.92 Å². The van der Waals surface area contributed by atoms with Gasteiger partial charge in [0.2, 0.25) is 0 Å². The molecule has 1 amide bonds. The largest absolute Gasteiger partial charge is 0.484 e. The topological polar surface area (TPSA) is 47.6 Å². The molecule has 0 spiro atoms. The Kier molecular flexibility index (Phi) is 4.81. The average Bonchev–Trinajstić information content (AvgIpc) is 3.40. The summed E-state index contributed by atoms with van der Waals surface area (Å²) in [5.74, 6) is 2.74. The van der Waals surface area contributed by atoms with Gasteiger partial charge in [-0.3, -0.25) is 4.79 Å². The van der Waals surface area contributed by atoms with Crippen LogP contribution in [-0.2, 0) is 4.79 Å². The second-order valence-electron chi connectivity index (χ2n) is 5.87. The van der Waals surface area contributed by atoms with Crippen LogP contribution < -0.4 is 14.8 Å². The summed E-state index contributed by atoms with van der Waals surface area (Å²) in [6.45, 7) is 2.08. The molecule has 4 nitrogen and oxygen atoms in total. The van der Waals surface area contributed by atoms with E-state index in [0.29, 0.717) is 11.7 Å². The molecule has 3 rings (SSSR count). The third-order valence-corrected chi connectivity index (χ3v) is 3.89. The first kappa shape index (κ1) is 15.4. The number of carbonyl (C=O) groups is 1. The van der Waals surface area contributed by atoms with E-state index in [0.717, 1.165) is 11.5 Å². The zero-order valence-corrected chi connectivity index (χ0v) is 13.2. The van der Waals surface area contributed by atoms with Crippen LogP contribution in [0.25, 0.3) is 0 Å². The Morgan fingerprint density at radius 1 is 1.04 bits per heavy atom. The lowest BCUT2D eigenvalue weighted by Gasteiger charge is -2.13. The molecule has 0 heterocycles. The first-order valence-electron chi connectivity index (χ1n) is 7.96. The van der Waals surface area contributed by atoms with Crippen LogP contribution in [-0.4, -0.2) is 18.6 Å². The van der Waals surface area contributed by atoms with Crippen molar-refractivity contribution in [3.05, 3.63) is 54.6 Å². The second kappa shape index (κ2) is 7.18. The molecule has 0 aromatic heterocycles. The predicted molar refractivity (Wildman–Crippen MR) is 88.8 cm³/mol. The van der Waals surface area contributed by atoms with E-state index < -0.39 is 0 Å². The van der Waals surface area contributed by atoms with Crippen molar-refractivity contribution in [3.63, 3.8) is 0 Å². The quantitative estimate of drug-likeness (QED) is 0.846. The Hall–Kier alpha value is -2.49. The van der Waals surface area contributed by atoms with Gasteiger partial charge in [0.15, 0.2) is 6.61 Å². The number of carbonyl (C=O) groups excluding carboxylic acids is 1. The highest BCUT2D eigenvalue weighted by Crippen LogP contribution is 2.32. The van der Waals surface area contributed by atoms with Crippen molar-refractivity contribution in [1.82, 2.24) is 5.32 Å². The van der Waals surface area contributed by atoms with E-state index >= 15 is 0 Å². The van der Waals surface area contributed by atoms with E-state index in [4.69, 9.17) is 9.47 Å². The predicted octanol–water partition coefficient (Wildman–Crippen LogP) is 3.77. The summed E-state index contributed by atoms with van der Waals surface area (Å²) in [5, 5.41) is 2.97.